The minimum atomic E-state index is -3.42. The SMILES string of the molecule is Cc1ncc(S(=O)(=O)NCCc2cnc[nH]2)s1. The summed E-state index contributed by atoms with van der Waals surface area (Å²) in [4.78, 5) is 10.7. The maximum atomic E-state index is 11.8. The first-order valence-corrected chi connectivity index (χ1v) is 7.27. The molecule has 0 aliphatic rings. The summed E-state index contributed by atoms with van der Waals surface area (Å²) in [6.45, 7) is 2.11. The van der Waals surface area contributed by atoms with Gasteiger partial charge in [-0.3, -0.25) is 0 Å². The Bertz CT molecular complexity index is 574. The maximum Gasteiger partial charge on any atom is 0.251 e. The Balaban J connectivity index is 1.94. The van der Waals surface area contributed by atoms with Crippen LogP contribution in [0.1, 0.15) is 10.7 Å². The van der Waals surface area contributed by atoms with Gasteiger partial charge in [0.25, 0.3) is 10.0 Å². The quantitative estimate of drug-likeness (QED) is 0.838. The summed E-state index contributed by atoms with van der Waals surface area (Å²) in [5.74, 6) is 0. The van der Waals surface area contributed by atoms with E-state index in [4.69, 9.17) is 0 Å². The first kappa shape index (κ1) is 12.2. The van der Waals surface area contributed by atoms with Crippen LogP contribution in [0.4, 0.5) is 0 Å². The molecule has 2 heterocycles. The molecule has 17 heavy (non-hydrogen) atoms. The van der Waals surface area contributed by atoms with Gasteiger partial charge in [0.15, 0.2) is 4.21 Å². The Labute approximate surface area is 103 Å². The number of rotatable bonds is 5. The highest BCUT2D eigenvalue weighted by atomic mass is 32.2. The Hall–Kier alpha value is -1.25. The fraction of sp³-hybridized carbons (Fsp3) is 0.333. The molecule has 0 bridgehead atoms. The summed E-state index contributed by atoms with van der Waals surface area (Å²) in [6, 6.07) is 0. The van der Waals surface area contributed by atoms with Gasteiger partial charge in [-0.15, -0.1) is 11.3 Å². The van der Waals surface area contributed by atoms with Crippen molar-refractivity contribution in [2.45, 2.75) is 17.6 Å². The van der Waals surface area contributed by atoms with Crippen LogP contribution in [-0.2, 0) is 16.4 Å². The molecule has 0 fully saturated rings. The lowest BCUT2D eigenvalue weighted by molar-refractivity contribution is 0.583. The predicted molar refractivity (Wildman–Crippen MR) is 64.3 cm³/mol. The molecule has 0 unspecified atom stereocenters. The van der Waals surface area contributed by atoms with Crippen molar-refractivity contribution in [1.29, 1.82) is 0 Å². The summed E-state index contributed by atoms with van der Waals surface area (Å²) in [7, 11) is -3.42. The van der Waals surface area contributed by atoms with E-state index in [1.807, 2.05) is 0 Å². The van der Waals surface area contributed by atoms with Crippen molar-refractivity contribution in [1.82, 2.24) is 19.7 Å². The average Bonchev–Trinajstić information content (AvgIpc) is 2.89. The van der Waals surface area contributed by atoms with Crippen LogP contribution in [0.25, 0.3) is 0 Å². The number of aromatic nitrogens is 3. The van der Waals surface area contributed by atoms with Gasteiger partial charge >= 0.3 is 0 Å². The van der Waals surface area contributed by atoms with Crippen LogP contribution < -0.4 is 4.72 Å². The highest BCUT2D eigenvalue weighted by Crippen LogP contribution is 2.17. The fourth-order valence-corrected chi connectivity index (χ4v) is 3.46. The molecule has 2 N–H and O–H groups in total. The third kappa shape index (κ3) is 3.11. The first-order valence-electron chi connectivity index (χ1n) is 4.97. The minimum Gasteiger partial charge on any atom is -0.348 e. The molecule has 0 spiro atoms. The van der Waals surface area contributed by atoms with Gasteiger partial charge in [-0.1, -0.05) is 0 Å². The average molecular weight is 272 g/mol. The largest absolute Gasteiger partial charge is 0.348 e. The van der Waals surface area contributed by atoms with Gasteiger partial charge in [-0.2, -0.15) is 0 Å². The molecular formula is C9H12N4O2S2. The second-order valence-corrected chi connectivity index (χ2v) is 6.65. The van der Waals surface area contributed by atoms with Gasteiger partial charge in [0.1, 0.15) is 0 Å². The third-order valence-electron chi connectivity index (χ3n) is 2.11. The standard InChI is InChI=1S/C9H12N4O2S2/c1-7-11-5-9(16-7)17(14,15)13-3-2-8-4-10-6-12-8/h4-6,13H,2-3H2,1H3,(H,10,12). The molecule has 0 radical (unpaired) electrons. The summed E-state index contributed by atoms with van der Waals surface area (Å²) in [5.41, 5.74) is 0.896. The molecule has 0 saturated carbocycles. The number of aromatic amines is 1. The summed E-state index contributed by atoms with van der Waals surface area (Å²) in [6.07, 6.45) is 5.19. The Morgan fingerprint density at radius 2 is 2.29 bits per heavy atom. The predicted octanol–water partition coefficient (Wildman–Crippen LogP) is 0.696. The van der Waals surface area contributed by atoms with E-state index in [1.165, 1.54) is 6.20 Å². The number of hydrogen-bond donors (Lipinski definition) is 2. The number of imidazole rings is 1. The van der Waals surface area contributed by atoms with Gasteiger partial charge < -0.3 is 4.98 Å². The second-order valence-electron chi connectivity index (χ2n) is 3.42. The molecule has 0 atom stereocenters. The number of H-pyrrole nitrogens is 1. The molecule has 6 nitrogen and oxygen atoms in total. The summed E-state index contributed by atoms with van der Waals surface area (Å²) < 4.78 is 26.4. The lowest BCUT2D eigenvalue weighted by Crippen LogP contribution is -2.25. The third-order valence-corrected chi connectivity index (χ3v) is 4.94. The van der Waals surface area contributed by atoms with E-state index >= 15 is 0 Å². The van der Waals surface area contributed by atoms with Crippen LogP contribution in [0.3, 0.4) is 0 Å². The zero-order valence-electron chi connectivity index (χ0n) is 9.17. The fourth-order valence-electron chi connectivity index (χ4n) is 1.28. The Morgan fingerprint density at radius 3 is 2.88 bits per heavy atom. The maximum absolute atomic E-state index is 11.8. The molecule has 8 heteroatoms. The number of hydrogen-bond acceptors (Lipinski definition) is 5. The Kier molecular flexibility index (Phi) is 3.55. The molecule has 0 aliphatic heterocycles. The topological polar surface area (TPSA) is 87.7 Å². The lowest BCUT2D eigenvalue weighted by Gasteiger charge is -2.02. The minimum absolute atomic E-state index is 0.250. The van der Waals surface area contributed by atoms with Crippen molar-refractivity contribution in [3.8, 4) is 0 Å². The van der Waals surface area contributed by atoms with E-state index in [0.29, 0.717) is 13.0 Å². The monoisotopic (exact) mass is 272 g/mol. The number of nitrogens with one attached hydrogen (secondary N) is 2. The lowest BCUT2D eigenvalue weighted by atomic mass is 10.3. The number of aryl methyl sites for hydroxylation is 1. The molecular weight excluding hydrogens is 260 g/mol. The van der Waals surface area contributed by atoms with Crippen molar-refractivity contribution in [2.75, 3.05) is 6.54 Å². The van der Waals surface area contributed by atoms with Crippen LogP contribution in [0.2, 0.25) is 0 Å². The van der Waals surface area contributed by atoms with E-state index in [2.05, 4.69) is 19.7 Å². The van der Waals surface area contributed by atoms with E-state index in [1.54, 1.807) is 19.4 Å². The molecule has 2 aromatic heterocycles. The summed E-state index contributed by atoms with van der Waals surface area (Å²) in [5, 5.41) is 0.735. The van der Waals surface area contributed by atoms with Gasteiger partial charge in [-0.05, 0) is 6.92 Å². The van der Waals surface area contributed by atoms with E-state index < -0.39 is 10.0 Å². The van der Waals surface area contributed by atoms with Crippen molar-refractivity contribution in [3.63, 3.8) is 0 Å². The molecule has 0 amide bonds. The van der Waals surface area contributed by atoms with Gasteiger partial charge in [-0.25, -0.2) is 23.1 Å². The van der Waals surface area contributed by atoms with Crippen LogP contribution >= 0.6 is 11.3 Å². The number of nitrogens with zero attached hydrogens (tertiary/aromatic N) is 2. The van der Waals surface area contributed by atoms with Crippen molar-refractivity contribution in [2.24, 2.45) is 0 Å². The molecule has 0 saturated heterocycles. The highest BCUT2D eigenvalue weighted by Gasteiger charge is 2.16. The van der Waals surface area contributed by atoms with E-state index in [9.17, 15) is 8.42 Å². The number of sulfonamides is 1. The molecule has 0 aromatic carbocycles. The van der Waals surface area contributed by atoms with E-state index in [-0.39, 0.29) is 4.21 Å². The van der Waals surface area contributed by atoms with Crippen LogP contribution in [0.5, 0.6) is 0 Å². The molecule has 0 aliphatic carbocycles. The van der Waals surface area contributed by atoms with Crippen LogP contribution in [0.15, 0.2) is 22.9 Å². The van der Waals surface area contributed by atoms with E-state index in [0.717, 1.165) is 22.0 Å². The number of thiazole rings is 1. The highest BCUT2D eigenvalue weighted by molar-refractivity contribution is 7.91. The normalized spacial score (nSPS) is 11.8. The van der Waals surface area contributed by atoms with Crippen molar-refractivity contribution in [3.05, 3.63) is 29.4 Å². The zero-order chi connectivity index (χ0) is 12.3. The van der Waals surface area contributed by atoms with Crippen LogP contribution in [-0.4, -0.2) is 29.9 Å². The van der Waals surface area contributed by atoms with Crippen molar-refractivity contribution >= 4 is 21.4 Å². The van der Waals surface area contributed by atoms with Gasteiger partial charge in [0.05, 0.1) is 17.5 Å². The van der Waals surface area contributed by atoms with Gasteiger partial charge in [0.2, 0.25) is 0 Å². The smallest absolute Gasteiger partial charge is 0.251 e. The Morgan fingerprint density at radius 1 is 1.47 bits per heavy atom. The molecule has 2 aromatic rings. The second kappa shape index (κ2) is 4.94. The molecule has 92 valence electrons. The van der Waals surface area contributed by atoms with Gasteiger partial charge in [0, 0.05) is 24.9 Å². The molecule has 2 rings (SSSR count). The first-order chi connectivity index (χ1) is 8.08. The van der Waals surface area contributed by atoms with Crippen molar-refractivity contribution < 1.29 is 8.42 Å². The van der Waals surface area contributed by atoms with Crippen LogP contribution in [0, 0.1) is 6.92 Å². The zero-order valence-corrected chi connectivity index (χ0v) is 10.8. The summed E-state index contributed by atoms with van der Waals surface area (Å²) >= 11 is 1.16.